The van der Waals surface area contributed by atoms with Crippen LogP contribution in [0.15, 0.2) is 24.3 Å². The molecule has 0 aliphatic carbocycles. The molecule has 1 fully saturated rings. The number of fused-ring (bicyclic) bond motifs is 1. The number of H-pyrrole nitrogens is 1. The Kier molecular flexibility index (Phi) is 4.78. The molecule has 2 aliphatic rings. The van der Waals surface area contributed by atoms with Gasteiger partial charge in [0, 0.05) is 31.1 Å². The zero-order chi connectivity index (χ0) is 19.8. The zero-order valence-electron chi connectivity index (χ0n) is 16.3. The van der Waals surface area contributed by atoms with Gasteiger partial charge >= 0.3 is 0 Å². The SMILES string of the molecule is CC(C)[C@@H](C(=O)N1CCC(c2nc(N)n[nH]2)CC1)N1Cc2ccccc2C1=O. The normalized spacial score (nSPS) is 18.6. The van der Waals surface area contributed by atoms with Gasteiger partial charge in [-0.25, -0.2) is 0 Å². The Bertz CT molecular complexity index is 884. The number of nitrogen functional groups attached to an aromatic ring is 1. The second-order valence-electron chi connectivity index (χ2n) is 7.96. The minimum atomic E-state index is -0.447. The number of anilines is 1. The lowest BCUT2D eigenvalue weighted by Crippen LogP contribution is -2.53. The maximum atomic E-state index is 13.3. The van der Waals surface area contributed by atoms with Gasteiger partial charge in [-0.1, -0.05) is 32.0 Å². The van der Waals surface area contributed by atoms with E-state index in [0.29, 0.717) is 25.2 Å². The van der Waals surface area contributed by atoms with Crippen molar-refractivity contribution in [1.29, 1.82) is 0 Å². The standard InChI is InChI=1S/C20H26N6O2/c1-12(2)16(26-11-14-5-3-4-6-15(14)18(26)27)19(28)25-9-7-13(8-10-25)17-22-20(21)24-23-17/h3-6,12-13,16H,7-11H2,1-2H3,(H3,21,22,23,24)/t16-/m0/s1. The van der Waals surface area contributed by atoms with E-state index in [0.717, 1.165) is 24.2 Å². The molecule has 2 aliphatic heterocycles. The number of benzene rings is 1. The van der Waals surface area contributed by atoms with Crippen LogP contribution >= 0.6 is 0 Å². The molecule has 1 aromatic carbocycles. The summed E-state index contributed by atoms with van der Waals surface area (Å²) in [6.07, 6.45) is 1.61. The average molecular weight is 382 g/mol. The summed E-state index contributed by atoms with van der Waals surface area (Å²) in [6, 6.07) is 7.16. The smallest absolute Gasteiger partial charge is 0.255 e. The van der Waals surface area contributed by atoms with Gasteiger partial charge in [0.1, 0.15) is 11.9 Å². The lowest BCUT2D eigenvalue weighted by molar-refractivity contribution is -0.138. The highest BCUT2D eigenvalue weighted by Crippen LogP contribution is 2.30. The molecule has 1 aromatic heterocycles. The molecule has 8 heteroatoms. The maximum absolute atomic E-state index is 13.3. The molecular formula is C20H26N6O2. The van der Waals surface area contributed by atoms with Crippen molar-refractivity contribution in [3.05, 3.63) is 41.2 Å². The molecule has 0 bridgehead atoms. The number of nitrogens with one attached hydrogen (secondary N) is 1. The molecule has 0 radical (unpaired) electrons. The first kappa shape index (κ1) is 18.5. The number of aromatic nitrogens is 3. The van der Waals surface area contributed by atoms with Crippen LogP contribution in [-0.2, 0) is 11.3 Å². The first-order valence-electron chi connectivity index (χ1n) is 9.81. The number of nitrogens with zero attached hydrogens (tertiary/aromatic N) is 4. The summed E-state index contributed by atoms with van der Waals surface area (Å²) < 4.78 is 0. The summed E-state index contributed by atoms with van der Waals surface area (Å²) in [5.41, 5.74) is 7.30. The van der Waals surface area contributed by atoms with Crippen LogP contribution in [0, 0.1) is 5.92 Å². The van der Waals surface area contributed by atoms with Crippen molar-refractivity contribution >= 4 is 17.8 Å². The Labute approximate surface area is 164 Å². The van der Waals surface area contributed by atoms with Gasteiger partial charge in [-0.15, -0.1) is 5.10 Å². The van der Waals surface area contributed by atoms with E-state index in [1.807, 2.05) is 43.0 Å². The average Bonchev–Trinajstić information content (AvgIpc) is 3.26. The summed E-state index contributed by atoms with van der Waals surface area (Å²) in [5.74, 6) is 1.29. The topological polar surface area (TPSA) is 108 Å². The number of rotatable bonds is 4. The minimum Gasteiger partial charge on any atom is -0.367 e. The van der Waals surface area contributed by atoms with Crippen molar-refractivity contribution in [3.63, 3.8) is 0 Å². The molecule has 4 rings (SSSR count). The van der Waals surface area contributed by atoms with Gasteiger partial charge < -0.3 is 15.5 Å². The van der Waals surface area contributed by atoms with Crippen LogP contribution in [0.1, 0.15) is 54.4 Å². The molecule has 0 unspecified atom stereocenters. The predicted octanol–water partition coefficient (Wildman–Crippen LogP) is 1.77. The number of likely N-dealkylation sites (tertiary alicyclic amines) is 1. The first-order chi connectivity index (χ1) is 13.5. The maximum Gasteiger partial charge on any atom is 0.255 e. The van der Waals surface area contributed by atoms with Crippen LogP contribution in [0.25, 0.3) is 0 Å². The quantitative estimate of drug-likeness (QED) is 0.838. The number of carbonyl (C=O) groups excluding carboxylic acids is 2. The number of carbonyl (C=O) groups is 2. The highest BCUT2D eigenvalue weighted by Gasteiger charge is 2.40. The van der Waals surface area contributed by atoms with Crippen LogP contribution in [0.4, 0.5) is 5.95 Å². The monoisotopic (exact) mass is 382 g/mol. The number of piperidine rings is 1. The third-order valence-electron chi connectivity index (χ3n) is 5.78. The van der Waals surface area contributed by atoms with Crippen molar-refractivity contribution in [2.45, 2.75) is 45.2 Å². The van der Waals surface area contributed by atoms with Gasteiger partial charge in [-0.05, 0) is 30.4 Å². The van der Waals surface area contributed by atoms with Crippen LogP contribution in [0.5, 0.6) is 0 Å². The fourth-order valence-electron chi connectivity index (χ4n) is 4.31. The van der Waals surface area contributed by atoms with E-state index in [9.17, 15) is 9.59 Å². The summed E-state index contributed by atoms with van der Waals surface area (Å²) in [5, 5.41) is 6.77. The van der Waals surface area contributed by atoms with Gasteiger partial charge in [0.25, 0.3) is 5.91 Å². The highest BCUT2D eigenvalue weighted by molar-refractivity contribution is 6.01. The molecule has 2 amide bonds. The van der Waals surface area contributed by atoms with E-state index < -0.39 is 6.04 Å². The van der Waals surface area contributed by atoms with Crippen molar-refractivity contribution in [2.24, 2.45) is 5.92 Å². The van der Waals surface area contributed by atoms with Gasteiger partial charge in [-0.2, -0.15) is 4.98 Å². The van der Waals surface area contributed by atoms with Crippen molar-refractivity contribution in [1.82, 2.24) is 25.0 Å². The second kappa shape index (κ2) is 7.26. The molecule has 1 atom stereocenters. The number of aromatic amines is 1. The molecule has 8 nitrogen and oxygen atoms in total. The molecule has 0 saturated carbocycles. The molecule has 28 heavy (non-hydrogen) atoms. The summed E-state index contributed by atoms with van der Waals surface area (Å²) in [7, 11) is 0. The Morgan fingerprint density at radius 3 is 2.57 bits per heavy atom. The van der Waals surface area contributed by atoms with Gasteiger partial charge in [-0.3, -0.25) is 14.7 Å². The fourth-order valence-corrected chi connectivity index (χ4v) is 4.31. The molecule has 3 heterocycles. The van der Waals surface area contributed by atoms with E-state index in [1.54, 1.807) is 4.90 Å². The van der Waals surface area contributed by atoms with E-state index >= 15 is 0 Å². The van der Waals surface area contributed by atoms with Crippen LogP contribution in [0.3, 0.4) is 0 Å². The fraction of sp³-hybridized carbons (Fsp3) is 0.500. The zero-order valence-corrected chi connectivity index (χ0v) is 16.3. The van der Waals surface area contributed by atoms with Crippen molar-refractivity contribution in [3.8, 4) is 0 Å². The summed E-state index contributed by atoms with van der Waals surface area (Å²) in [6.45, 7) is 5.79. The van der Waals surface area contributed by atoms with Crippen molar-refractivity contribution in [2.75, 3.05) is 18.8 Å². The Morgan fingerprint density at radius 2 is 1.96 bits per heavy atom. The predicted molar refractivity (Wildman–Crippen MR) is 104 cm³/mol. The summed E-state index contributed by atoms with van der Waals surface area (Å²) >= 11 is 0. The highest BCUT2D eigenvalue weighted by atomic mass is 16.2. The third kappa shape index (κ3) is 3.23. The Morgan fingerprint density at radius 1 is 1.25 bits per heavy atom. The summed E-state index contributed by atoms with van der Waals surface area (Å²) in [4.78, 5) is 34.1. The molecule has 2 aromatic rings. The molecule has 0 spiro atoms. The second-order valence-corrected chi connectivity index (χ2v) is 7.96. The minimum absolute atomic E-state index is 0.0340. The van der Waals surface area contributed by atoms with Gasteiger partial charge in [0.15, 0.2) is 0 Å². The Balaban J connectivity index is 1.46. The molecule has 148 valence electrons. The third-order valence-corrected chi connectivity index (χ3v) is 5.78. The van der Waals surface area contributed by atoms with Crippen LogP contribution < -0.4 is 5.73 Å². The van der Waals surface area contributed by atoms with Gasteiger partial charge in [0.2, 0.25) is 11.9 Å². The van der Waals surface area contributed by atoms with E-state index in [1.165, 1.54) is 0 Å². The van der Waals surface area contributed by atoms with Crippen molar-refractivity contribution < 1.29 is 9.59 Å². The first-order valence-corrected chi connectivity index (χ1v) is 9.81. The Hall–Kier alpha value is -2.90. The van der Waals surface area contributed by atoms with E-state index in [-0.39, 0.29) is 29.6 Å². The molecular weight excluding hydrogens is 356 g/mol. The lowest BCUT2D eigenvalue weighted by atomic mass is 9.94. The number of hydrogen-bond donors (Lipinski definition) is 2. The van der Waals surface area contributed by atoms with Crippen LogP contribution in [0.2, 0.25) is 0 Å². The van der Waals surface area contributed by atoms with Gasteiger partial charge in [0.05, 0.1) is 0 Å². The number of hydrogen-bond acceptors (Lipinski definition) is 5. The molecule has 3 N–H and O–H groups in total. The number of amides is 2. The van der Waals surface area contributed by atoms with E-state index in [2.05, 4.69) is 15.2 Å². The number of nitrogens with two attached hydrogens (primary N) is 1. The lowest BCUT2D eigenvalue weighted by Gasteiger charge is -2.37. The largest absolute Gasteiger partial charge is 0.367 e. The molecule has 1 saturated heterocycles. The van der Waals surface area contributed by atoms with E-state index in [4.69, 9.17) is 5.73 Å². The van der Waals surface area contributed by atoms with Crippen LogP contribution in [-0.4, -0.2) is 55.9 Å².